The molecule has 2 nitrogen and oxygen atoms in total. The van der Waals surface area contributed by atoms with Crippen LogP contribution in [0.15, 0.2) is 0 Å². The van der Waals surface area contributed by atoms with E-state index in [4.69, 9.17) is 4.74 Å². The van der Waals surface area contributed by atoms with E-state index in [9.17, 15) is 4.79 Å². The van der Waals surface area contributed by atoms with Gasteiger partial charge in [-0.15, -0.1) is 11.8 Å². The van der Waals surface area contributed by atoms with Crippen molar-refractivity contribution in [1.82, 2.24) is 0 Å². The highest BCUT2D eigenvalue weighted by atomic mass is 32.2. The van der Waals surface area contributed by atoms with Gasteiger partial charge in [-0.05, 0) is 12.2 Å². The van der Waals surface area contributed by atoms with Crippen molar-refractivity contribution < 1.29 is 9.53 Å². The Morgan fingerprint density at radius 2 is 2.60 bits per heavy atom. The zero-order valence-corrected chi connectivity index (χ0v) is 6.95. The van der Waals surface area contributed by atoms with E-state index < -0.39 is 0 Å². The summed E-state index contributed by atoms with van der Waals surface area (Å²) >= 11 is 1.72. The van der Waals surface area contributed by atoms with Crippen molar-refractivity contribution in [3.8, 4) is 0 Å². The Bertz CT molecular complexity index is 125. The highest BCUT2D eigenvalue weighted by Crippen LogP contribution is 2.21. The Kier molecular flexibility index (Phi) is 3.06. The van der Waals surface area contributed by atoms with Crippen LogP contribution < -0.4 is 0 Å². The van der Waals surface area contributed by atoms with Crippen LogP contribution in [0.3, 0.4) is 0 Å². The Morgan fingerprint density at radius 3 is 3.10 bits per heavy atom. The Balaban J connectivity index is 2.20. The molecule has 0 aliphatic carbocycles. The molecular weight excluding hydrogens is 148 g/mol. The molecule has 10 heavy (non-hydrogen) atoms. The van der Waals surface area contributed by atoms with E-state index in [1.54, 1.807) is 11.8 Å². The monoisotopic (exact) mass is 160 g/mol. The summed E-state index contributed by atoms with van der Waals surface area (Å²) in [7, 11) is 0. The van der Waals surface area contributed by atoms with Gasteiger partial charge < -0.3 is 4.74 Å². The summed E-state index contributed by atoms with van der Waals surface area (Å²) in [5, 5.41) is 0.139. The number of carbonyl (C=O) groups is 1. The molecule has 1 aliphatic heterocycles. The van der Waals surface area contributed by atoms with Crippen molar-refractivity contribution in [3.05, 3.63) is 0 Å². The van der Waals surface area contributed by atoms with Gasteiger partial charge in [0.15, 0.2) is 0 Å². The van der Waals surface area contributed by atoms with Crippen LogP contribution in [0, 0.1) is 0 Å². The van der Waals surface area contributed by atoms with Crippen LogP contribution in [0.25, 0.3) is 0 Å². The SMILES string of the molecule is CCCSC1CCOC1=O. The van der Waals surface area contributed by atoms with Gasteiger partial charge in [-0.25, -0.2) is 0 Å². The average molecular weight is 160 g/mol. The van der Waals surface area contributed by atoms with Crippen LogP contribution in [-0.2, 0) is 9.53 Å². The minimum atomic E-state index is -0.0153. The van der Waals surface area contributed by atoms with Crippen molar-refractivity contribution in [2.45, 2.75) is 25.0 Å². The Morgan fingerprint density at radius 1 is 1.80 bits per heavy atom. The van der Waals surface area contributed by atoms with Gasteiger partial charge in [0.25, 0.3) is 0 Å². The standard InChI is InChI=1S/C7H12O2S/c1-2-5-10-6-3-4-9-7(6)8/h6H,2-5H2,1H3. The van der Waals surface area contributed by atoms with Crippen molar-refractivity contribution in [3.63, 3.8) is 0 Å². The van der Waals surface area contributed by atoms with Gasteiger partial charge in [-0.3, -0.25) is 4.79 Å². The maximum absolute atomic E-state index is 10.8. The second kappa shape index (κ2) is 3.86. The highest BCUT2D eigenvalue weighted by Gasteiger charge is 2.25. The van der Waals surface area contributed by atoms with E-state index >= 15 is 0 Å². The predicted molar refractivity (Wildman–Crippen MR) is 42.1 cm³/mol. The Hall–Kier alpha value is -0.180. The van der Waals surface area contributed by atoms with E-state index in [0.717, 1.165) is 18.6 Å². The molecule has 0 spiro atoms. The van der Waals surface area contributed by atoms with Crippen LogP contribution in [0.2, 0.25) is 0 Å². The molecule has 1 fully saturated rings. The van der Waals surface area contributed by atoms with E-state index in [1.165, 1.54) is 0 Å². The lowest BCUT2D eigenvalue weighted by Gasteiger charge is -2.01. The lowest BCUT2D eigenvalue weighted by atomic mass is 10.4. The van der Waals surface area contributed by atoms with Crippen LogP contribution in [-0.4, -0.2) is 23.6 Å². The number of thioether (sulfide) groups is 1. The molecule has 0 aromatic rings. The summed E-state index contributed by atoms with van der Waals surface area (Å²) in [5.74, 6) is 1.05. The molecule has 58 valence electrons. The highest BCUT2D eigenvalue weighted by molar-refractivity contribution is 8.00. The lowest BCUT2D eigenvalue weighted by Crippen LogP contribution is -2.09. The van der Waals surface area contributed by atoms with Crippen LogP contribution in [0.5, 0.6) is 0 Å². The van der Waals surface area contributed by atoms with Gasteiger partial charge in [0.2, 0.25) is 0 Å². The minimum absolute atomic E-state index is 0.0153. The molecule has 0 N–H and O–H groups in total. The number of ether oxygens (including phenoxy) is 1. The maximum atomic E-state index is 10.8. The van der Waals surface area contributed by atoms with Gasteiger partial charge in [0.1, 0.15) is 5.25 Å². The second-order valence-electron chi connectivity index (χ2n) is 2.32. The molecule has 1 rings (SSSR count). The molecule has 1 unspecified atom stereocenters. The Labute approximate surface area is 65.3 Å². The molecule has 0 aromatic heterocycles. The minimum Gasteiger partial charge on any atom is -0.465 e. The molecule has 1 heterocycles. The molecule has 0 radical (unpaired) electrons. The van der Waals surface area contributed by atoms with Crippen molar-refractivity contribution in [2.24, 2.45) is 0 Å². The fraction of sp³-hybridized carbons (Fsp3) is 0.857. The zero-order chi connectivity index (χ0) is 7.40. The third kappa shape index (κ3) is 1.90. The van der Waals surface area contributed by atoms with Gasteiger partial charge in [-0.1, -0.05) is 6.92 Å². The normalized spacial score (nSPS) is 24.9. The van der Waals surface area contributed by atoms with Gasteiger partial charge in [-0.2, -0.15) is 0 Å². The summed E-state index contributed by atoms with van der Waals surface area (Å²) < 4.78 is 4.80. The number of carbonyl (C=O) groups excluding carboxylic acids is 1. The molecule has 1 atom stereocenters. The van der Waals surface area contributed by atoms with Crippen molar-refractivity contribution in [2.75, 3.05) is 12.4 Å². The van der Waals surface area contributed by atoms with Gasteiger partial charge in [0.05, 0.1) is 6.61 Å². The largest absolute Gasteiger partial charge is 0.465 e. The summed E-state index contributed by atoms with van der Waals surface area (Å²) in [6.07, 6.45) is 2.04. The van der Waals surface area contributed by atoms with E-state index in [2.05, 4.69) is 6.92 Å². The molecule has 0 amide bonds. The molecule has 0 aromatic carbocycles. The molecule has 3 heteroatoms. The third-order valence-electron chi connectivity index (χ3n) is 1.41. The first kappa shape index (κ1) is 7.92. The quantitative estimate of drug-likeness (QED) is 0.584. The molecule has 0 bridgehead atoms. The lowest BCUT2D eigenvalue weighted by molar-refractivity contribution is -0.137. The van der Waals surface area contributed by atoms with Gasteiger partial charge in [0, 0.05) is 6.42 Å². The van der Waals surface area contributed by atoms with Crippen LogP contribution >= 0.6 is 11.8 Å². The van der Waals surface area contributed by atoms with E-state index in [0.29, 0.717) is 6.61 Å². The second-order valence-corrected chi connectivity index (χ2v) is 3.63. The first-order valence-corrected chi connectivity index (χ1v) is 4.67. The molecule has 0 saturated carbocycles. The maximum Gasteiger partial charge on any atom is 0.319 e. The van der Waals surface area contributed by atoms with Crippen molar-refractivity contribution in [1.29, 1.82) is 0 Å². The summed E-state index contributed by atoms with van der Waals surface area (Å²) in [5.41, 5.74) is 0. The summed E-state index contributed by atoms with van der Waals surface area (Å²) in [6, 6.07) is 0. The van der Waals surface area contributed by atoms with Gasteiger partial charge >= 0.3 is 5.97 Å². The number of hydrogen-bond donors (Lipinski definition) is 0. The first-order valence-electron chi connectivity index (χ1n) is 3.63. The number of hydrogen-bond acceptors (Lipinski definition) is 3. The fourth-order valence-corrected chi connectivity index (χ4v) is 1.88. The number of cyclic esters (lactones) is 1. The number of esters is 1. The van der Waals surface area contributed by atoms with E-state index in [1.807, 2.05) is 0 Å². The topological polar surface area (TPSA) is 26.3 Å². The average Bonchev–Trinajstić information content (AvgIpc) is 2.31. The van der Waals surface area contributed by atoms with E-state index in [-0.39, 0.29) is 11.2 Å². The van der Waals surface area contributed by atoms with Crippen LogP contribution in [0.1, 0.15) is 19.8 Å². The predicted octanol–water partition coefficient (Wildman–Crippen LogP) is 1.45. The molecule has 1 aliphatic rings. The smallest absolute Gasteiger partial charge is 0.319 e. The summed E-state index contributed by atoms with van der Waals surface area (Å²) in [6.45, 7) is 2.74. The summed E-state index contributed by atoms with van der Waals surface area (Å²) in [4.78, 5) is 10.8. The first-order chi connectivity index (χ1) is 4.84. The third-order valence-corrected chi connectivity index (χ3v) is 2.88. The molecule has 1 saturated heterocycles. The zero-order valence-electron chi connectivity index (χ0n) is 6.13. The van der Waals surface area contributed by atoms with Crippen LogP contribution in [0.4, 0.5) is 0 Å². The fourth-order valence-electron chi connectivity index (χ4n) is 0.889. The van der Waals surface area contributed by atoms with Crippen molar-refractivity contribution >= 4 is 17.7 Å². The molecular formula is C7H12O2S. The number of rotatable bonds is 3.